The second-order valence-corrected chi connectivity index (χ2v) is 8.30. The van der Waals surface area contributed by atoms with Crippen LogP contribution in [0.4, 0.5) is 8.78 Å². The Balaban J connectivity index is 2.14. The van der Waals surface area contributed by atoms with Gasteiger partial charge >= 0.3 is 0 Å². The summed E-state index contributed by atoms with van der Waals surface area (Å²) in [5, 5.41) is -0.0893. The fourth-order valence-electron chi connectivity index (χ4n) is 2.19. The summed E-state index contributed by atoms with van der Waals surface area (Å²) < 4.78 is 55.3. The van der Waals surface area contributed by atoms with E-state index >= 15 is 0 Å². The molecule has 130 valence electrons. The Morgan fingerprint density at radius 1 is 1.04 bits per heavy atom. The summed E-state index contributed by atoms with van der Waals surface area (Å²) in [5.74, 6) is -1.66. The van der Waals surface area contributed by atoms with Gasteiger partial charge in [0.05, 0.1) is 5.02 Å². The molecule has 0 spiro atoms. The van der Waals surface area contributed by atoms with Crippen LogP contribution in [0.3, 0.4) is 0 Å². The molecule has 1 aromatic heterocycles. The molecule has 0 amide bonds. The maximum atomic E-state index is 13.7. The zero-order chi connectivity index (χ0) is 18.2. The summed E-state index contributed by atoms with van der Waals surface area (Å²) in [5.41, 5.74) is 0.685. The highest BCUT2D eigenvalue weighted by atomic mass is 35.7. The molecule has 0 N–H and O–H groups in total. The van der Waals surface area contributed by atoms with E-state index in [0.717, 1.165) is 6.07 Å². The number of halogens is 4. The van der Waals surface area contributed by atoms with Gasteiger partial charge in [-0.3, -0.25) is 0 Å². The number of oxazole rings is 1. The van der Waals surface area contributed by atoms with Gasteiger partial charge in [-0.25, -0.2) is 22.2 Å². The second kappa shape index (κ2) is 6.74. The van der Waals surface area contributed by atoms with E-state index in [9.17, 15) is 17.2 Å². The lowest BCUT2D eigenvalue weighted by molar-refractivity contribution is 0.583. The molecule has 0 bridgehead atoms. The summed E-state index contributed by atoms with van der Waals surface area (Å²) in [6.07, 6.45) is 0. The minimum absolute atomic E-state index is 0.0102. The number of aromatic nitrogens is 1. The first kappa shape index (κ1) is 17.8. The van der Waals surface area contributed by atoms with E-state index in [1.165, 1.54) is 36.4 Å². The molecule has 0 radical (unpaired) electrons. The average Bonchev–Trinajstić information content (AvgIpc) is 2.92. The average molecular weight is 404 g/mol. The van der Waals surface area contributed by atoms with Crippen LogP contribution in [0.25, 0.3) is 22.8 Å². The van der Waals surface area contributed by atoms with Crippen molar-refractivity contribution >= 4 is 31.3 Å². The Hall–Kier alpha value is -1.96. The van der Waals surface area contributed by atoms with Gasteiger partial charge in [-0.1, -0.05) is 11.6 Å². The molecular weight excluding hydrogens is 395 g/mol. The van der Waals surface area contributed by atoms with E-state index in [-0.39, 0.29) is 27.9 Å². The molecule has 0 fully saturated rings. The molecule has 0 aliphatic heterocycles. The topological polar surface area (TPSA) is 60.2 Å². The third-order valence-electron chi connectivity index (χ3n) is 3.28. The van der Waals surface area contributed by atoms with Crippen LogP contribution >= 0.6 is 22.3 Å². The molecule has 2 aromatic carbocycles. The van der Waals surface area contributed by atoms with Gasteiger partial charge in [0.25, 0.3) is 0 Å². The van der Waals surface area contributed by atoms with Gasteiger partial charge in [-0.05, 0) is 42.5 Å². The predicted molar refractivity (Wildman–Crippen MR) is 90.8 cm³/mol. The lowest BCUT2D eigenvalue weighted by Gasteiger charge is -2.01. The van der Waals surface area contributed by atoms with Crippen LogP contribution in [0.1, 0.15) is 5.69 Å². The quantitative estimate of drug-likeness (QED) is 0.574. The molecular formula is C16H9Cl2F2NO3S. The number of nitrogens with zero attached hydrogens (tertiary/aromatic N) is 1. The monoisotopic (exact) mass is 403 g/mol. The van der Waals surface area contributed by atoms with Gasteiger partial charge in [0.2, 0.25) is 14.9 Å². The number of rotatable bonds is 4. The van der Waals surface area contributed by atoms with Gasteiger partial charge in [-0.15, -0.1) is 0 Å². The summed E-state index contributed by atoms with van der Waals surface area (Å²) in [7, 11) is 1.37. The smallest absolute Gasteiger partial charge is 0.238 e. The lowest BCUT2D eigenvalue weighted by atomic mass is 10.1. The van der Waals surface area contributed by atoms with Gasteiger partial charge in [0.15, 0.2) is 5.76 Å². The van der Waals surface area contributed by atoms with Crippen molar-refractivity contribution in [2.24, 2.45) is 0 Å². The standard InChI is InChI=1S/C16H9Cl2F2NO3S/c17-12-6-3-10(7-13(12)20)15-14(8-25(18,22)23)21-16(24-15)9-1-4-11(19)5-2-9/h1-7H,8H2. The van der Waals surface area contributed by atoms with Gasteiger partial charge < -0.3 is 4.42 Å². The maximum absolute atomic E-state index is 13.7. The van der Waals surface area contributed by atoms with Crippen molar-refractivity contribution in [3.05, 3.63) is 64.8 Å². The van der Waals surface area contributed by atoms with Crippen LogP contribution in [-0.4, -0.2) is 13.4 Å². The van der Waals surface area contributed by atoms with Crippen molar-refractivity contribution in [2.75, 3.05) is 0 Å². The fourth-order valence-corrected chi connectivity index (χ4v) is 3.14. The van der Waals surface area contributed by atoms with Crippen LogP contribution in [-0.2, 0) is 14.8 Å². The fraction of sp³-hybridized carbons (Fsp3) is 0.0625. The Morgan fingerprint density at radius 2 is 1.68 bits per heavy atom. The van der Waals surface area contributed by atoms with E-state index < -0.39 is 26.4 Å². The number of benzene rings is 2. The van der Waals surface area contributed by atoms with Crippen molar-refractivity contribution in [3.63, 3.8) is 0 Å². The molecule has 0 saturated carbocycles. The normalized spacial score (nSPS) is 11.7. The van der Waals surface area contributed by atoms with Crippen molar-refractivity contribution in [1.29, 1.82) is 0 Å². The molecule has 3 aromatic rings. The first-order valence-corrected chi connectivity index (χ1v) is 9.72. The van der Waals surface area contributed by atoms with Crippen LogP contribution in [0.5, 0.6) is 0 Å². The largest absolute Gasteiger partial charge is 0.436 e. The Morgan fingerprint density at radius 3 is 2.28 bits per heavy atom. The predicted octanol–water partition coefficient (Wildman–Crippen LogP) is 5.01. The third kappa shape index (κ3) is 4.18. The van der Waals surface area contributed by atoms with E-state index in [1.807, 2.05) is 0 Å². The molecule has 0 unspecified atom stereocenters. The van der Waals surface area contributed by atoms with Crippen LogP contribution in [0.2, 0.25) is 5.02 Å². The molecule has 9 heteroatoms. The summed E-state index contributed by atoms with van der Waals surface area (Å²) in [4.78, 5) is 4.12. The van der Waals surface area contributed by atoms with Crippen molar-refractivity contribution in [1.82, 2.24) is 4.98 Å². The lowest BCUT2D eigenvalue weighted by Crippen LogP contribution is -1.97. The van der Waals surface area contributed by atoms with Crippen molar-refractivity contribution in [3.8, 4) is 22.8 Å². The summed E-state index contributed by atoms with van der Waals surface area (Å²) in [6, 6.07) is 9.13. The van der Waals surface area contributed by atoms with Crippen molar-refractivity contribution in [2.45, 2.75) is 5.75 Å². The summed E-state index contributed by atoms with van der Waals surface area (Å²) in [6.45, 7) is 0. The van der Waals surface area contributed by atoms with Gasteiger partial charge in [-0.2, -0.15) is 0 Å². The molecule has 0 aliphatic carbocycles. The van der Waals surface area contributed by atoms with Crippen molar-refractivity contribution < 1.29 is 21.6 Å². The van der Waals surface area contributed by atoms with E-state index in [0.29, 0.717) is 5.56 Å². The Bertz CT molecular complexity index is 1030. The Kier molecular flexibility index (Phi) is 4.81. The highest BCUT2D eigenvalue weighted by Gasteiger charge is 2.21. The number of hydrogen-bond donors (Lipinski definition) is 0. The van der Waals surface area contributed by atoms with Crippen LogP contribution < -0.4 is 0 Å². The zero-order valence-corrected chi connectivity index (χ0v) is 14.7. The maximum Gasteiger partial charge on any atom is 0.238 e. The van der Waals surface area contributed by atoms with Gasteiger partial charge in [0.1, 0.15) is 23.1 Å². The van der Waals surface area contributed by atoms with Crippen LogP contribution in [0.15, 0.2) is 46.9 Å². The molecule has 0 saturated heterocycles. The first-order chi connectivity index (χ1) is 11.7. The van der Waals surface area contributed by atoms with Gasteiger partial charge in [0, 0.05) is 21.8 Å². The minimum Gasteiger partial charge on any atom is -0.436 e. The van der Waals surface area contributed by atoms with E-state index in [4.69, 9.17) is 26.7 Å². The third-order valence-corrected chi connectivity index (χ3v) is 4.53. The van der Waals surface area contributed by atoms with Crippen LogP contribution in [0, 0.1) is 11.6 Å². The SMILES string of the molecule is O=S(=O)(Cl)Cc1nc(-c2ccc(F)cc2)oc1-c1ccc(Cl)c(F)c1. The molecule has 0 atom stereocenters. The first-order valence-electron chi connectivity index (χ1n) is 6.86. The van der Waals surface area contributed by atoms with E-state index in [1.54, 1.807) is 0 Å². The highest BCUT2D eigenvalue weighted by molar-refractivity contribution is 8.13. The highest BCUT2D eigenvalue weighted by Crippen LogP contribution is 2.33. The molecule has 4 nitrogen and oxygen atoms in total. The molecule has 1 heterocycles. The molecule has 25 heavy (non-hydrogen) atoms. The molecule has 3 rings (SSSR count). The minimum atomic E-state index is -3.93. The zero-order valence-electron chi connectivity index (χ0n) is 12.3. The summed E-state index contributed by atoms with van der Waals surface area (Å²) >= 11 is 5.66. The second-order valence-electron chi connectivity index (χ2n) is 5.11. The molecule has 0 aliphatic rings. The van der Waals surface area contributed by atoms with E-state index in [2.05, 4.69) is 4.98 Å². The number of hydrogen-bond acceptors (Lipinski definition) is 4. The Labute approximate surface area is 151 Å².